The third kappa shape index (κ3) is 1.68. The normalized spacial score (nSPS) is 15.1. The van der Waals surface area contributed by atoms with Gasteiger partial charge in [0, 0.05) is 28.7 Å². The van der Waals surface area contributed by atoms with Crippen LogP contribution in [-0.4, -0.2) is 4.92 Å². The van der Waals surface area contributed by atoms with Crippen molar-refractivity contribution in [2.45, 2.75) is 19.3 Å². The van der Waals surface area contributed by atoms with E-state index in [0.29, 0.717) is 5.75 Å². The molecule has 4 heteroatoms. The van der Waals surface area contributed by atoms with Crippen LogP contribution in [0.5, 0.6) is 11.5 Å². The third-order valence-electron chi connectivity index (χ3n) is 3.63. The van der Waals surface area contributed by atoms with E-state index in [0.717, 1.165) is 16.9 Å². The number of hydrogen-bond acceptors (Lipinski definition) is 3. The maximum absolute atomic E-state index is 10.9. The first kappa shape index (κ1) is 11.7. The van der Waals surface area contributed by atoms with Crippen LogP contribution < -0.4 is 4.74 Å². The third-order valence-corrected chi connectivity index (χ3v) is 3.63. The van der Waals surface area contributed by atoms with Crippen LogP contribution in [0.25, 0.3) is 0 Å². The molecule has 0 bridgehead atoms. The van der Waals surface area contributed by atoms with E-state index >= 15 is 0 Å². The van der Waals surface area contributed by atoms with Crippen molar-refractivity contribution >= 4 is 5.69 Å². The van der Waals surface area contributed by atoms with Gasteiger partial charge in [0.2, 0.25) is 0 Å². The quantitative estimate of drug-likeness (QED) is 0.571. The molecule has 4 nitrogen and oxygen atoms in total. The number of benzene rings is 2. The van der Waals surface area contributed by atoms with Crippen LogP contribution in [-0.2, 0) is 5.41 Å². The summed E-state index contributed by atoms with van der Waals surface area (Å²) < 4.78 is 5.83. The number of fused-ring (bicyclic) bond motifs is 2. The van der Waals surface area contributed by atoms with E-state index in [4.69, 9.17) is 4.74 Å². The second-order valence-corrected chi connectivity index (χ2v) is 5.16. The first-order valence-electron chi connectivity index (χ1n) is 6.06. The average Bonchev–Trinajstić information content (AvgIpc) is 2.38. The van der Waals surface area contributed by atoms with Gasteiger partial charge in [0.05, 0.1) is 4.92 Å². The Morgan fingerprint density at radius 1 is 1.05 bits per heavy atom. The van der Waals surface area contributed by atoms with Crippen molar-refractivity contribution in [3.63, 3.8) is 0 Å². The Balaban J connectivity index is 2.23. The fourth-order valence-corrected chi connectivity index (χ4v) is 2.54. The van der Waals surface area contributed by atoms with E-state index in [1.54, 1.807) is 12.1 Å². The van der Waals surface area contributed by atoms with Gasteiger partial charge in [0.15, 0.2) is 0 Å². The second kappa shape index (κ2) is 3.82. The van der Waals surface area contributed by atoms with Crippen molar-refractivity contribution in [3.8, 4) is 11.5 Å². The molecule has 0 aromatic heterocycles. The number of ether oxygens (including phenoxy) is 1. The molecule has 2 aromatic carbocycles. The molecular weight excluding hydrogens is 242 g/mol. The highest BCUT2D eigenvalue weighted by atomic mass is 16.6. The number of hydrogen-bond donors (Lipinski definition) is 0. The molecule has 96 valence electrons. The van der Waals surface area contributed by atoms with Crippen LogP contribution in [0.15, 0.2) is 42.5 Å². The summed E-state index contributed by atoms with van der Waals surface area (Å²) in [6.07, 6.45) is 0. The summed E-state index contributed by atoms with van der Waals surface area (Å²) in [6, 6.07) is 12.5. The molecule has 0 amide bonds. The predicted molar refractivity (Wildman–Crippen MR) is 71.7 cm³/mol. The lowest BCUT2D eigenvalue weighted by molar-refractivity contribution is -0.385. The number of rotatable bonds is 1. The van der Waals surface area contributed by atoms with Crippen LogP contribution in [0, 0.1) is 10.1 Å². The first-order chi connectivity index (χ1) is 9.00. The average molecular weight is 255 g/mol. The van der Waals surface area contributed by atoms with Gasteiger partial charge in [0.25, 0.3) is 5.69 Å². The highest BCUT2D eigenvalue weighted by Gasteiger charge is 2.35. The van der Waals surface area contributed by atoms with Gasteiger partial charge >= 0.3 is 0 Å². The molecule has 0 fully saturated rings. The molecule has 0 spiro atoms. The van der Waals surface area contributed by atoms with Crippen LogP contribution in [0.4, 0.5) is 5.69 Å². The molecule has 0 unspecified atom stereocenters. The van der Waals surface area contributed by atoms with Crippen molar-refractivity contribution in [2.75, 3.05) is 0 Å². The summed E-state index contributed by atoms with van der Waals surface area (Å²) in [4.78, 5) is 10.5. The minimum Gasteiger partial charge on any atom is -0.457 e. The predicted octanol–water partition coefficient (Wildman–Crippen LogP) is 4.03. The van der Waals surface area contributed by atoms with Gasteiger partial charge in [-0.15, -0.1) is 0 Å². The number of nitrogens with zero attached hydrogens (tertiary/aromatic N) is 1. The molecule has 1 heterocycles. The van der Waals surface area contributed by atoms with Gasteiger partial charge in [-0.1, -0.05) is 32.0 Å². The van der Waals surface area contributed by atoms with E-state index < -0.39 is 0 Å². The van der Waals surface area contributed by atoms with Crippen molar-refractivity contribution in [2.24, 2.45) is 0 Å². The van der Waals surface area contributed by atoms with E-state index in [1.165, 1.54) is 6.07 Å². The lowest BCUT2D eigenvalue weighted by Gasteiger charge is -2.34. The maximum Gasteiger partial charge on any atom is 0.270 e. The van der Waals surface area contributed by atoms with Crippen LogP contribution in [0.3, 0.4) is 0 Å². The van der Waals surface area contributed by atoms with Crippen molar-refractivity contribution in [1.29, 1.82) is 0 Å². The lowest BCUT2D eigenvalue weighted by atomic mass is 9.75. The van der Waals surface area contributed by atoms with Gasteiger partial charge < -0.3 is 4.74 Å². The fourth-order valence-electron chi connectivity index (χ4n) is 2.54. The molecule has 3 rings (SSSR count). The Morgan fingerprint density at radius 2 is 1.74 bits per heavy atom. The topological polar surface area (TPSA) is 52.4 Å². The Morgan fingerprint density at radius 3 is 2.47 bits per heavy atom. The Bertz CT molecular complexity index is 677. The molecule has 19 heavy (non-hydrogen) atoms. The van der Waals surface area contributed by atoms with Gasteiger partial charge in [-0.05, 0) is 12.1 Å². The van der Waals surface area contributed by atoms with E-state index in [9.17, 15) is 10.1 Å². The smallest absolute Gasteiger partial charge is 0.270 e. The van der Waals surface area contributed by atoms with Gasteiger partial charge in [0.1, 0.15) is 11.5 Å². The summed E-state index contributed by atoms with van der Waals surface area (Å²) in [5, 5.41) is 10.9. The van der Waals surface area contributed by atoms with Gasteiger partial charge in [-0.25, -0.2) is 0 Å². The SMILES string of the molecule is CC1(C)c2ccccc2Oc2ccc([N+](=O)[O-])cc21. The van der Waals surface area contributed by atoms with Gasteiger partial charge in [-0.3, -0.25) is 10.1 Å². The Labute approximate surface area is 110 Å². The highest BCUT2D eigenvalue weighted by Crippen LogP contribution is 2.48. The Hall–Kier alpha value is -2.36. The van der Waals surface area contributed by atoms with E-state index in [2.05, 4.69) is 13.8 Å². The molecule has 0 saturated carbocycles. The molecule has 0 N–H and O–H groups in total. The lowest BCUT2D eigenvalue weighted by Crippen LogP contribution is -2.24. The second-order valence-electron chi connectivity index (χ2n) is 5.16. The minimum atomic E-state index is -0.378. The highest BCUT2D eigenvalue weighted by molar-refractivity contribution is 5.59. The zero-order valence-corrected chi connectivity index (χ0v) is 10.7. The molecule has 0 aliphatic carbocycles. The van der Waals surface area contributed by atoms with Crippen molar-refractivity contribution in [3.05, 3.63) is 63.7 Å². The molecule has 0 atom stereocenters. The maximum atomic E-state index is 10.9. The number of nitro benzene ring substituents is 1. The largest absolute Gasteiger partial charge is 0.457 e. The van der Waals surface area contributed by atoms with Crippen LogP contribution >= 0.6 is 0 Å². The van der Waals surface area contributed by atoms with Crippen molar-refractivity contribution < 1.29 is 9.66 Å². The van der Waals surface area contributed by atoms with E-state index in [-0.39, 0.29) is 16.0 Å². The fraction of sp³-hybridized carbons (Fsp3) is 0.200. The van der Waals surface area contributed by atoms with E-state index in [1.807, 2.05) is 24.3 Å². The summed E-state index contributed by atoms with van der Waals surface area (Å²) in [5.41, 5.74) is 1.68. The number of non-ortho nitro benzene ring substituents is 1. The summed E-state index contributed by atoms with van der Waals surface area (Å²) >= 11 is 0. The standard InChI is InChI=1S/C15H13NO3/c1-15(2)11-5-3-4-6-13(11)19-14-8-7-10(16(17)18)9-12(14)15/h3-9H,1-2H3. The monoisotopic (exact) mass is 255 g/mol. The molecule has 1 aliphatic rings. The Kier molecular flexibility index (Phi) is 2.35. The number of para-hydroxylation sites is 1. The van der Waals surface area contributed by atoms with Crippen LogP contribution in [0.1, 0.15) is 25.0 Å². The van der Waals surface area contributed by atoms with Crippen LogP contribution in [0.2, 0.25) is 0 Å². The minimum absolute atomic E-state index is 0.0924. The molecule has 0 radical (unpaired) electrons. The molecular formula is C15H13NO3. The summed E-state index contributed by atoms with van der Waals surface area (Å²) in [5.74, 6) is 1.50. The molecule has 2 aromatic rings. The number of nitro groups is 1. The molecule has 0 saturated heterocycles. The summed E-state index contributed by atoms with van der Waals surface area (Å²) in [7, 11) is 0. The molecule has 1 aliphatic heterocycles. The first-order valence-corrected chi connectivity index (χ1v) is 6.06. The van der Waals surface area contributed by atoms with Crippen molar-refractivity contribution in [1.82, 2.24) is 0 Å². The van der Waals surface area contributed by atoms with Gasteiger partial charge in [-0.2, -0.15) is 0 Å². The zero-order valence-electron chi connectivity index (χ0n) is 10.7. The summed E-state index contributed by atoms with van der Waals surface area (Å²) in [6.45, 7) is 4.10. The zero-order chi connectivity index (χ0) is 13.6.